The topological polar surface area (TPSA) is 70.5 Å². The highest BCUT2D eigenvalue weighted by Gasteiger charge is 2.41. The minimum atomic E-state index is -4.80. The van der Waals surface area contributed by atoms with Crippen molar-refractivity contribution in [3.8, 4) is 34.8 Å². The van der Waals surface area contributed by atoms with Crippen LogP contribution in [0.5, 0.6) is 11.9 Å². The minimum absolute atomic E-state index is 0.239. The number of aromatic nitrogens is 2. The first-order valence-electron chi connectivity index (χ1n) is 11.7. The Morgan fingerprint density at radius 3 is 1.20 bits per heavy atom. The maximum Gasteiger partial charge on any atom is 0.440 e. The molecule has 0 fully saturated rings. The van der Waals surface area contributed by atoms with E-state index in [1.54, 1.807) is 60.7 Å². The van der Waals surface area contributed by atoms with Gasteiger partial charge < -0.3 is 18.3 Å². The minimum Gasteiger partial charge on any atom is -0.459 e. The Hall–Kier alpha value is -4.74. The van der Waals surface area contributed by atoms with E-state index in [0.29, 0.717) is 22.3 Å². The molecule has 0 bridgehead atoms. The molecule has 0 N–H and O–H groups in total. The lowest BCUT2D eigenvalue weighted by Crippen LogP contribution is -2.09. The fourth-order valence-electron chi connectivity index (χ4n) is 3.60. The second kappa shape index (κ2) is 10.8. The number of alkyl halides is 6. The summed E-state index contributed by atoms with van der Waals surface area (Å²) in [4.78, 5) is 7.10. The third-order valence-electron chi connectivity index (χ3n) is 5.53. The summed E-state index contributed by atoms with van der Waals surface area (Å²) in [6.45, 7) is -0.567. The van der Waals surface area contributed by atoms with Crippen LogP contribution < -0.4 is 9.47 Å². The quantitative estimate of drug-likeness (QED) is 0.178. The van der Waals surface area contributed by atoms with Crippen molar-refractivity contribution in [2.45, 2.75) is 25.6 Å². The average molecular weight is 560 g/mol. The Balaban J connectivity index is 1.26. The van der Waals surface area contributed by atoms with E-state index in [4.69, 9.17) is 18.3 Å². The summed E-state index contributed by atoms with van der Waals surface area (Å²) < 4.78 is 102. The number of rotatable bonds is 8. The summed E-state index contributed by atoms with van der Waals surface area (Å²) in [5.41, 5.74) is -0.947. The summed E-state index contributed by atoms with van der Waals surface area (Å²) in [7, 11) is 0. The number of oxazole rings is 2. The highest BCUT2D eigenvalue weighted by atomic mass is 19.4. The molecule has 0 radical (unpaired) electrons. The lowest BCUT2D eigenvalue weighted by molar-refractivity contribution is -0.143. The van der Waals surface area contributed by atoms with Gasteiger partial charge in [0.15, 0.2) is 0 Å². The van der Waals surface area contributed by atoms with Crippen molar-refractivity contribution in [3.63, 3.8) is 0 Å². The highest BCUT2D eigenvalue weighted by molar-refractivity contribution is 5.55. The number of halogens is 6. The van der Waals surface area contributed by atoms with E-state index in [1.165, 1.54) is 24.3 Å². The molecule has 0 saturated heterocycles. The van der Waals surface area contributed by atoms with Crippen molar-refractivity contribution in [1.82, 2.24) is 9.97 Å². The molecule has 6 nitrogen and oxygen atoms in total. The van der Waals surface area contributed by atoms with Gasteiger partial charge in [-0.2, -0.15) is 26.3 Å². The summed E-state index contributed by atoms with van der Waals surface area (Å²) in [5.74, 6) is -2.04. The lowest BCUT2D eigenvalue weighted by Gasteiger charge is -2.09. The summed E-state index contributed by atoms with van der Waals surface area (Å²) in [5, 5.41) is 0. The molecule has 5 rings (SSSR count). The summed E-state index contributed by atoms with van der Waals surface area (Å²) >= 11 is 0. The van der Waals surface area contributed by atoms with E-state index in [-0.39, 0.29) is 25.0 Å². The van der Waals surface area contributed by atoms with Crippen molar-refractivity contribution in [2.75, 3.05) is 0 Å². The van der Waals surface area contributed by atoms with Crippen LogP contribution in [0.1, 0.15) is 22.5 Å². The molecule has 3 aromatic carbocycles. The molecule has 0 aliphatic carbocycles. The SMILES string of the molecule is FC(F)(F)c1nc(-c2ccccc2)oc1OCc1ccc(COc2oc(-c3ccccc3)nc2C(F)(F)F)cc1. The van der Waals surface area contributed by atoms with Crippen LogP contribution in [0.4, 0.5) is 26.3 Å². The van der Waals surface area contributed by atoms with Crippen LogP contribution in [0.2, 0.25) is 0 Å². The van der Waals surface area contributed by atoms with E-state index in [9.17, 15) is 26.3 Å². The number of nitrogens with zero attached hydrogens (tertiary/aromatic N) is 2. The van der Waals surface area contributed by atoms with Gasteiger partial charge in [0.2, 0.25) is 23.2 Å². The molecule has 0 aliphatic rings. The largest absolute Gasteiger partial charge is 0.459 e. The van der Waals surface area contributed by atoms with Crippen LogP contribution in [-0.4, -0.2) is 9.97 Å². The maximum absolute atomic E-state index is 13.5. The number of ether oxygens (including phenoxy) is 2. The third kappa shape index (κ3) is 6.11. The summed E-state index contributed by atoms with van der Waals surface area (Å²) in [6.07, 6.45) is -9.60. The first-order chi connectivity index (χ1) is 19.1. The van der Waals surface area contributed by atoms with Gasteiger partial charge in [-0.25, -0.2) is 9.97 Å². The molecule has 0 amide bonds. The van der Waals surface area contributed by atoms with Crippen molar-refractivity contribution >= 4 is 0 Å². The van der Waals surface area contributed by atoms with Crippen LogP contribution in [-0.2, 0) is 25.6 Å². The molecule has 0 spiro atoms. The first-order valence-corrected chi connectivity index (χ1v) is 11.7. The van der Waals surface area contributed by atoms with Gasteiger partial charge in [-0.05, 0) is 35.4 Å². The van der Waals surface area contributed by atoms with Crippen LogP contribution in [0.25, 0.3) is 22.9 Å². The molecule has 0 saturated carbocycles. The molecule has 40 heavy (non-hydrogen) atoms. The molecule has 0 atom stereocenters. The molecular weight excluding hydrogens is 542 g/mol. The first kappa shape index (κ1) is 26.9. The number of benzene rings is 3. The van der Waals surface area contributed by atoms with Crippen molar-refractivity contribution in [2.24, 2.45) is 0 Å². The van der Waals surface area contributed by atoms with Gasteiger partial charge in [0.05, 0.1) is 0 Å². The molecule has 2 aromatic heterocycles. The molecule has 12 heteroatoms. The summed E-state index contributed by atoms with van der Waals surface area (Å²) in [6, 6.07) is 22.2. The van der Waals surface area contributed by atoms with E-state index in [2.05, 4.69) is 9.97 Å². The van der Waals surface area contributed by atoms with Gasteiger partial charge >= 0.3 is 24.2 Å². The molecule has 206 valence electrons. The Kier molecular flexibility index (Phi) is 7.24. The van der Waals surface area contributed by atoms with Gasteiger partial charge in [0, 0.05) is 11.1 Å². The fraction of sp³-hybridized carbons (Fsp3) is 0.143. The van der Waals surface area contributed by atoms with Crippen LogP contribution in [0.15, 0.2) is 93.8 Å². The van der Waals surface area contributed by atoms with Crippen LogP contribution >= 0.6 is 0 Å². The Bertz CT molecular complexity index is 1440. The van der Waals surface area contributed by atoms with Gasteiger partial charge in [-0.15, -0.1) is 0 Å². The number of hydrogen-bond donors (Lipinski definition) is 0. The zero-order chi connectivity index (χ0) is 28.3. The van der Waals surface area contributed by atoms with Crippen LogP contribution in [0, 0.1) is 0 Å². The zero-order valence-electron chi connectivity index (χ0n) is 20.3. The predicted octanol–water partition coefficient (Wildman–Crippen LogP) is 8.19. The van der Waals surface area contributed by atoms with E-state index < -0.39 is 35.6 Å². The van der Waals surface area contributed by atoms with E-state index >= 15 is 0 Å². The van der Waals surface area contributed by atoms with Gasteiger partial charge in [0.25, 0.3) is 0 Å². The molecule has 2 heterocycles. The molecule has 5 aromatic rings. The average Bonchev–Trinajstić information content (AvgIpc) is 3.58. The van der Waals surface area contributed by atoms with Crippen molar-refractivity contribution in [3.05, 3.63) is 107 Å². The standard InChI is InChI=1S/C28H18F6N2O4/c29-27(30,31)21-25(39-23(35-21)19-7-3-1-4-8-19)37-15-17-11-13-18(14-12-17)16-38-26-22(28(32,33)34)36-24(40-26)20-9-5-2-6-10-20/h1-14H,15-16H2. The smallest absolute Gasteiger partial charge is 0.440 e. The van der Waals surface area contributed by atoms with Gasteiger partial charge in [-0.3, -0.25) is 0 Å². The number of hydrogen-bond acceptors (Lipinski definition) is 6. The molecular formula is C28H18F6N2O4. The zero-order valence-corrected chi connectivity index (χ0v) is 20.3. The van der Waals surface area contributed by atoms with Crippen molar-refractivity contribution in [1.29, 1.82) is 0 Å². The Morgan fingerprint density at radius 2 is 0.875 bits per heavy atom. The van der Waals surface area contributed by atoms with Crippen LogP contribution in [0.3, 0.4) is 0 Å². The Morgan fingerprint density at radius 1 is 0.525 bits per heavy atom. The molecule has 0 aliphatic heterocycles. The second-order valence-corrected chi connectivity index (χ2v) is 8.43. The Labute approximate surface area is 222 Å². The normalized spacial score (nSPS) is 11.9. The predicted molar refractivity (Wildman–Crippen MR) is 129 cm³/mol. The monoisotopic (exact) mass is 560 g/mol. The lowest BCUT2D eigenvalue weighted by atomic mass is 10.1. The molecule has 0 unspecified atom stereocenters. The third-order valence-corrected chi connectivity index (χ3v) is 5.53. The van der Waals surface area contributed by atoms with E-state index in [1.807, 2.05) is 0 Å². The fourth-order valence-corrected chi connectivity index (χ4v) is 3.60. The highest BCUT2D eigenvalue weighted by Crippen LogP contribution is 2.40. The van der Waals surface area contributed by atoms with E-state index in [0.717, 1.165) is 0 Å². The van der Waals surface area contributed by atoms with Gasteiger partial charge in [0.1, 0.15) is 13.2 Å². The van der Waals surface area contributed by atoms with Gasteiger partial charge in [-0.1, -0.05) is 60.7 Å². The maximum atomic E-state index is 13.5. The van der Waals surface area contributed by atoms with Crippen molar-refractivity contribution < 1.29 is 44.7 Å². The second-order valence-electron chi connectivity index (χ2n) is 8.43.